The van der Waals surface area contributed by atoms with Crippen molar-refractivity contribution in [2.24, 2.45) is 17.2 Å². The van der Waals surface area contributed by atoms with Crippen LogP contribution in [0.25, 0.3) is 49.9 Å². The van der Waals surface area contributed by atoms with Crippen LogP contribution in [0.1, 0.15) is 55.3 Å². The number of primary amides is 1. The maximum atomic E-state index is 14.0. The van der Waals surface area contributed by atoms with E-state index in [4.69, 9.17) is 26.9 Å². The van der Waals surface area contributed by atoms with E-state index in [0.29, 0.717) is 53.9 Å². The molecular weight excluding hydrogens is 621 g/mol. The van der Waals surface area contributed by atoms with E-state index in [0.717, 1.165) is 58.7 Å². The predicted octanol–water partition coefficient (Wildman–Crippen LogP) is 6.29. The summed E-state index contributed by atoms with van der Waals surface area (Å²) >= 11 is 0. The first-order chi connectivity index (χ1) is 23.8. The molecule has 0 unspecified atom stereocenters. The lowest BCUT2D eigenvalue weighted by atomic mass is 9.92. The summed E-state index contributed by atoms with van der Waals surface area (Å²) in [5, 5.41) is 5.61. The van der Waals surface area contributed by atoms with Crippen LogP contribution in [-0.2, 0) is 9.53 Å². The molecular formula is C38H40FN7O3. The van der Waals surface area contributed by atoms with Crippen molar-refractivity contribution in [2.45, 2.75) is 63.1 Å². The van der Waals surface area contributed by atoms with Crippen molar-refractivity contribution < 1.29 is 18.7 Å². The van der Waals surface area contributed by atoms with Crippen LogP contribution in [0, 0.1) is 5.82 Å². The van der Waals surface area contributed by atoms with Crippen molar-refractivity contribution in [3.05, 3.63) is 90.2 Å². The molecule has 1 aliphatic carbocycles. The summed E-state index contributed by atoms with van der Waals surface area (Å²) in [4.78, 5) is 33.2. The number of benzene rings is 4. The molecule has 1 amide bonds. The Labute approximate surface area is 282 Å². The van der Waals surface area contributed by atoms with Gasteiger partial charge < -0.3 is 36.8 Å². The summed E-state index contributed by atoms with van der Waals surface area (Å²) in [6.45, 7) is 0.576. The minimum absolute atomic E-state index is 0.0594. The van der Waals surface area contributed by atoms with Crippen molar-refractivity contribution in [3.63, 3.8) is 0 Å². The number of imidazole rings is 1. The fourth-order valence-corrected chi connectivity index (χ4v) is 7.03. The number of nitrogens with one attached hydrogen (secondary N) is 2. The number of nitrogens with zero attached hydrogens (tertiary/aromatic N) is 2. The molecule has 2 heterocycles. The Bertz CT molecular complexity index is 2170. The molecule has 0 bridgehead atoms. The maximum Gasteiger partial charge on any atom is 0.323 e. The van der Waals surface area contributed by atoms with Gasteiger partial charge in [-0.2, -0.15) is 0 Å². The van der Waals surface area contributed by atoms with Crippen molar-refractivity contribution in [3.8, 4) is 17.1 Å². The quantitative estimate of drug-likeness (QED) is 0.0804. The number of rotatable bonds is 11. The molecule has 7 rings (SSSR count). The molecule has 0 saturated heterocycles. The molecule has 4 aromatic carbocycles. The van der Waals surface area contributed by atoms with E-state index in [1.807, 2.05) is 36.4 Å². The van der Waals surface area contributed by atoms with E-state index >= 15 is 0 Å². The maximum absolute atomic E-state index is 14.0. The Kier molecular flexibility index (Phi) is 9.03. The summed E-state index contributed by atoms with van der Waals surface area (Å²) in [6.07, 6.45) is 4.88. The van der Waals surface area contributed by atoms with Crippen LogP contribution in [0.3, 0.4) is 0 Å². The second-order valence-electron chi connectivity index (χ2n) is 12.8. The summed E-state index contributed by atoms with van der Waals surface area (Å²) in [7, 11) is 0. The molecule has 6 aromatic rings. The molecule has 11 heteroatoms. The van der Waals surface area contributed by atoms with Gasteiger partial charge in [-0.1, -0.05) is 36.8 Å². The number of nitrogens with two attached hydrogens (primary N) is 3. The number of unbranched alkanes of at least 4 members (excludes halogenated alkanes) is 1. The summed E-state index contributed by atoms with van der Waals surface area (Å²) < 4.78 is 21.9. The third-order valence-electron chi connectivity index (χ3n) is 9.51. The van der Waals surface area contributed by atoms with E-state index in [1.165, 1.54) is 12.1 Å². The van der Waals surface area contributed by atoms with E-state index in [-0.39, 0.29) is 23.9 Å². The summed E-state index contributed by atoms with van der Waals surface area (Å²) in [5.74, 6) is -0.561. The van der Waals surface area contributed by atoms with Gasteiger partial charge in [-0.15, -0.1) is 0 Å². The monoisotopic (exact) mass is 661 g/mol. The summed E-state index contributed by atoms with van der Waals surface area (Å²) in [6, 6.07) is 23.8. The highest BCUT2D eigenvalue weighted by molar-refractivity contribution is 6.15. The zero-order valence-electron chi connectivity index (χ0n) is 27.1. The van der Waals surface area contributed by atoms with Gasteiger partial charge in [0.15, 0.2) is 0 Å². The first-order valence-corrected chi connectivity index (χ1v) is 16.9. The van der Waals surface area contributed by atoms with Gasteiger partial charge in [-0.3, -0.25) is 9.59 Å². The highest BCUT2D eigenvalue weighted by Gasteiger charge is 2.27. The molecule has 1 aliphatic rings. The van der Waals surface area contributed by atoms with Crippen LogP contribution in [-0.4, -0.2) is 51.1 Å². The standard InChI is InChI=1S/C38H40FN7O3/c39-22-11-18-30-32(20-22)45-37(44-30)28-7-5-10-34-35(28)27-6-1-2-9-33(27)46(34)24-14-17-26(36(42)47)31(21-24)43-23-12-15-25(16-13-23)49-38(48)29(41)8-3-4-19-40/h1-2,5-7,9-11,14,17-18,20-21,23,25,29,43H,3-4,8,12-13,15-16,19,40-41H2,(H2,42,47)(H,44,45)/t23?,25?,29-/m0/s1. The topological polar surface area (TPSA) is 167 Å². The van der Waals surface area contributed by atoms with Gasteiger partial charge in [0, 0.05) is 33.8 Å². The number of para-hydroxylation sites is 1. The average Bonchev–Trinajstić information content (AvgIpc) is 3.68. The highest BCUT2D eigenvalue weighted by atomic mass is 19.1. The second-order valence-corrected chi connectivity index (χ2v) is 12.8. The smallest absolute Gasteiger partial charge is 0.323 e. The number of H-pyrrole nitrogens is 1. The molecule has 2 aromatic heterocycles. The fraction of sp³-hybridized carbons (Fsp3) is 0.289. The lowest BCUT2D eigenvalue weighted by molar-refractivity contribution is -0.152. The molecule has 252 valence electrons. The van der Waals surface area contributed by atoms with E-state index in [1.54, 1.807) is 12.1 Å². The Hall–Kier alpha value is -5.26. The van der Waals surface area contributed by atoms with Gasteiger partial charge in [-0.05, 0) is 93.6 Å². The van der Waals surface area contributed by atoms with Crippen molar-refractivity contribution in [1.29, 1.82) is 0 Å². The van der Waals surface area contributed by atoms with Crippen molar-refractivity contribution in [1.82, 2.24) is 14.5 Å². The first kappa shape index (κ1) is 32.3. The average molecular weight is 662 g/mol. The number of hydrogen-bond acceptors (Lipinski definition) is 7. The van der Waals surface area contributed by atoms with Gasteiger partial charge in [0.2, 0.25) is 0 Å². The highest BCUT2D eigenvalue weighted by Crippen LogP contribution is 2.39. The number of anilines is 1. The van der Waals surface area contributed by atoms with Crippen LogP contribution in [0.4, 0.5) is 10.1 Å². The number of halogens is 1. The molecule has 0 aliphatic heterocycles. The fourth-order valence-electron chi connectivity index (χ4n) is 7.03. The summed E-state index contributed by atoms with van der Waals surface area (Å²) in [5.41, 5.74) is 23.5. The Morgan fingerprint density at radius 3 is 2.57 bits per heavy atom. The number of ether oxygens (including phenoxy) is 1. The number of esters is 1. The molecule has 1 atom stereocenters. The minimum atomic E-state index is -0.636. The number of aromatic amines is 1. The van der Waals surface area contributed by atoms with Gasteiger partial charge >= 0.3 is 5.97 Å². The molecule has 1 saturated carbocycles. The Balaban J connectivity index is 1.18. The van der Waals surface area contributed by atoms with E-state index in [9.17, 15) is 14.0 Å². The van der Waals surface area contributed by atoms with Crippen LogP contribution in [0.2, 0.25) is 0 Å². The number of aromatic nitrogens is 3. The number of carbonyl (C=O) groups excluding carboxylic acids is 2. The third-order valence-corrected chi connectivity index (χ3v) is 9.51. The molecule has 0 spiro atoms. The Morgan fingerprint density at radius 2 is 1.78 bits per heavy atom. The zero-order chi connectivity index (χ0) is 34.1. The molecule has 8 N–H and O–H groups in total. The largest absolute Gasteiger partial charge is 0.461 e. The number of amides is 1. The SMILES string of the molecule is NCCCC[C@H](N)C(=O)OC1CCC(Nc2cc(-n3c4ccccc4c4c(-c5nc6ccc(F)cc6[nH]5)cccc43)ccc2C(N)=O)CC1. The van der Waals surface area contributed by atoms with Crippen molar-refractivity contribution >= 4 is 50.4 Å². The number of hydrogen-bond donors (Lipinski definition) is 5. The van der Waals surface area contributed by atoms with Gasteiger partial charge in [0.1, 0.15) is 23.8 Å². The van der Waals surface area contributed by atoms with Crippen LogP contribution in [0.5, 0.6) is 0 Å². The number of carbonyl (C=O) groups is 2. The molecule has 10 nitrogen and oxygen atoms in total. The van der Waals surface area contributed by atoms with Crippen LogP contribution in [0.15, 0.2) is 78.9 Å². The molecule has 1 fully saturated rings. The van der Waals surface area contributed by atoms with Gasteiger partial charge in [0.05, 0.1) is 27.6 Å². The first-order valence-electron chi connectivity index (χ1n) is 16.9. The lowest BCUT2D eigenvalue weighted by Crippen LogP contribution is -2.37. The lowest BCUT2D eigenvalue weighted by Gasteiger charge is -2.30. The Morgan fingerprint density at radius 1 is 0.980 bits per heavy atom. The normalized spacial score (nSPS) is 17.0. The third kappa shape index (κ3) is 6.47. The van der Waals surface area contributed by atoms with E-state index < -0.39 is 11.9 Å². The van der Waals surface area contributed by atoms with E-state index in [2.05, 4.69) is 33.1 Å². The van der Waals surface area contributed by atoms with Crippen LogP contribution >= 0.6 is 0 Å². The van der Waals surface area contributed by atoms with Crippen molar-refractivity contribution in [2.75, 3.05) is 11.9 Å². The zero-order valence-corrected chi connectivity index (χ0v) is 27.1. The van der Waals surface area contributed by atoms with Gasteiger partial charge in [-0.25, -0.2) is 9.37 Å². The second kappa shape index (κ2) is 13.7. The number of fused-ring (bicyclic) bond motifs is 4. The minimum Gasteiger partial charge on any atom is -0.461 e. The molecule has 0 radical (unpaired) electrons. The molecule has 49 heavy (non-hydrogen) atoms. The predicted molar refractivity (Wildman–Crippen MR) is 191 cm³/mol. The van der Waals surface area contributed by atoms with Crippen LogP contribution < -0.4 is 22.5 Å². The van der Waals surface area contributed by atoms with Gasteiger partial charge in [0.25, 0.3) is 5.91 Å².